The molecule has 2 aliphatic rings. The van der Waals surface area contributed by atoms with Gasteiger partial charge in [-0.25, -0.2) is 9.07 Å². The van der Waals surface area contributed by atoms with Crippen LogP contribution in [0.25, 0.3) is 0 Å². The summed E-state index contributed by atoms with van der Waals surface area (Å²) in [6.07, 6.45) is 1.19. The fraction of sp³-hybridized carbons (Fsp3) is 0.727. The third-order valence-corrected chi connectivity index (χ3v) is 4.14. The number of hydrogen-bond donors (Lipinski definition) is 1. The van der Waals surface area contributed by atoms with E-state index >= 15 is 0 Å². The molecule has 5 nitrogen and oxygen atoms in total. The van der Waals surface area contributed by atoms with Crippen molar-refractivity contribution in [2.75, 3.05) is 32.0 Å². The highest BCUT2D eigenvalue weighted by Gasteiger charge is 2.37. The van der Waals surface area contributed by atoms with Crippen molar-refractivity contribution in [1.29, 1.82) is 0 Å². The molecule has 2 aliphatic heterocycles. The third-order valence-electron chi connectivity index (χ3n) is 3.75. The molecule has 0 bridgehead atoms. The fourth-order valence-electron chi connectivity index (χ4n) is 2.55. The maximum atomic E-state index is 14.3. The summed E-state index contributed by atoms with van der Waals surface area (Å²) in [7, 11) is 0. The van der Waals surface area contributed by atoms with Crippen LogP contribution in [0.4, 0.5) is 10.1 Å². The number of likely N-dealkylation sites (tertiary alicyclic amines) is 1. The van der Waals surface area contributed by atoms with Crippen LogP contribution >= 0.6 is 11.6 Å². The van der Waals surface area contributed by atoms with E-state index in [-0.39, 0.29) is 6.04 Å². The number of piperidine rings is 1. The van der Waals surface area contributed by atoms with Gasteiger partial charge in [0.15, 0.2) is 0 Å². The normalized spacial score (nSPS) is 30.3. The second-order valence-electron chi connectivity index (χ2n) is 4.89. The fourth-order valence-corrected chi connectivity index (χ4v) is 2.77. The Bertz CT molecular complexity index is 437. The highest BCUT2D eigenvalue weighted by molar-refractivity contribution is 6.32. The molecule has 0 amide bonds. The van der Waals surface area contributed by atoms with Crippen LogP contribution in [0.3, 0.4) is 0 Å². The van der Waals surface area contributed by atoms with Gasteiger partial charge in [-0.1, -0.05) is 11.6 Å². The maximum absolute atomic E-state index is 14.3. The number of anilines is 1. The molecule has 3 rings (SSSR count). The van der Waals surface area contributed by atoms with Crippen LogP contribution in [0, 0.1) is 0 Å². The number of nitrogen functional groups attached to an aromatic ring is 1. The van der Waals surface area contributed by atoms with E-state index in [0.29, 0.717) is 43.1 Å². The average molecular weight is 275 g/mol. The highest BCUT2D eigenvalue weighted by atomic mass is 35.5. The van der Waals surface area contributed by atoms with Gasteiger partial charge in [0.1, 0.15) is 11.3 Å². The maximum Gasteiger partial charge on any atom is 0.150 e. The van der Waals surface area contributed by atoms with Crippen molar-refractivity contribution in [3.63, 3.8) is 0 Å². The van der Waals surface area contributed by atoms with Crippen molar-refractivity contribution < 1.29 is 9.13 Å². The molecule has 2 atom stereocenters. The molecule has 0 saturated carbocycles. The SMILES string of the molecule is Nc1cnn([C@@H]2CCN(C3COC3)C[C@@H]2F)c1Cl. The molecule has 18 heavy (non-hydrogen) atoms. The number of hydrogen-bond acceptors (Lipinski definition) is 4. The molecule has 100 valence electrons. The summed E-state index contributed by atoms with van der Waals surface area (Å²) in [4.78, 5) is 2.14. The molecule has 0 radical (unpaired) electrons. The van der Waals surface area contributed by atoms with Crippen LogP contribution in [-0.4, -0.2) is 53.2 Å². The summed E-state index contributed by atoms with van der Waals surface area (Å²) in [5.74, 6) is 0. The Balaban J connectivity index is 1.70. The zero-order valence-corrected chi connectivity index (χ0v) is 10.7. The first-order valence-electron chi connectivity index (χ1n) is 6.11. The van der Waals surface area contributed by atoms with Crippen LogP contribution in [0.1, 0.15) is 12.5 Å². The Morgan fingerprint density at radius 2 is 2.28 bits per heavy atom. The lowest BCUT2D eigenvalue weighted by Crippen LogP contribution is -2.55. The monoisotopic (exact) mass is 274 g/mol. The zero-order chi connectivity index (χ0) is 12.7. The van der Waals surface area contributed by atoms with E-state index in [9.17, 15) is 4.39 Å². The number of nitrogens with zero attached hydrogens (tertiary/aromatic N) is 3. The van der Waals surface area contributed by atoms with Crippen molar-refractivity contribution in [2.45, 2.75) is 24.7 Å². The second kappa shape index (κ2) is 4.68. The number of alkyl halides is 1. The summed E-state index contributed by atoms with van der Waals surface area (Å²) in [6, 6.07) is 0.0643. The van der Waals surface area contributed by atoms with E-state index in [4.69, 9.17) is 22.1 Å². The Kier molecular flexibility index (Phi) is 3.17. The van der Waals surface area contributed by atoms with Crippen molar-refractivity contribution in [3.8, 4) is 0 Å². The molecular formula is C11H16ClFN4O. The van der Waals surface area contributed by atoms with E-state index in [1.54, 1.807) is 0 Å². The van der Waals surface area contributed by atoms with Crippen molar-refractivity contribution in [1.82, 2.24) is 14.7 Å². The summed E-state index contributed by atoms with van der Waals surface area (Å²) in [6.45, 7) is 2.68. The summed E-state index contributed by atoms with van der Waals surface area (Å²) >= 11 is 6.02. The third kappa shape index (κ3) is 1.98. The van der Waals surface area contributed by atoms with Crippen molar-refractivity contribution in [2.24, 2.45) is 0 Å². The van der Waals surface area contributed by atoms with E-state index in [1.807, 2.05) is 0 Å². The van der Waals surface area contributed by atoms with Gasteiger partial charge >= 0.3 is 0 Å². The molecular weight excluding hydrogens is 259 g/mol. The number of rotatable bonds is 2. The van der Waals surface area contributed by atoms with Gasteiger partial charge < -0.3 is 10.5 Å². The molecule has 0 aromatic carbocycles. The summed E-state index contributed by atoms with van der Waals surface area (Å²) in [5, 5.41) is 4.41. The Morgan fingerprint density at radius 3 is 2.78 bits per heavy atom. The second-order valence-corrected chi connectivity index (χ2v) is 5.25. The molecule has 0 unspecified atom stereocenters. The topological polar surface area (TPSA) is 56.3 Å². The molecule has 0 aliphatic carbocycles. The first-order chi connectivity index (χ1) is 8.66. The number of aromatic nitrogens is 2. The minimum absolute atomic E-state index is 0.313. The molecule has 7 heteroatoms. The Hall–Kier alpha value is -0.850. The highest BCUT2D eigenvalue weighted by Crippen LogP contribution is 2.31. The van der Waals surface area contributed by atoms with Crippen LogP contribution in [0.2, 0.25) is 5.15 Å². The molecule has 2 saturated heterocycles. The average Bonchev–Trinajstić information content (AvgIpc) is 2.58. The van der Waals surface area contributed by atoms with Gasteiger partial charge in [-0.2, -0.15) is 5.10 Å². The van der Waals surface area contributed by atoms with Gasteiger partial charge in [0, 0.05) is 13.1 Å². The molecule has 2 N–H and O–H groups in total. The predicted molar refractivity (Wildman–Crippen MR) is 66.4 cm³/mol. The molecule has 3 heterocycles. The first-order valence-corrected chi connectivity index (χ1v) is 6.49. The lowest BCUT2D eigenvalue weighted by molar-refractivity contribution is -0.0847. The van der Waals surface area contributed by atoms with Crippen LogP contribution < -0.4 is 5.73 Å². The zero-order valence-electron chi connectivity index (χ0n) is 9.93. The Morgan fingerprint density at radius 1 is 1.50 bits per heavy atom. The molecule has 1 aromatic rings. The minimum Gasteiger partial charge on any atom is -0.395 e. The predicted octanol–water partition coefficient (Wildman–Crippen LogP) is 1.10. The minimum atomic E-state index is -0.976. The van der Waals surface area contributed by atoms with E-state index in [2.05, 4.69) is 10.00 Å². The number of halogens is 2. The Labute approximate surface area is 110 Å². The first kappa shape index (κ1) is 12.2. The van der Waals surface area contributed by atoms with Crippen LogP contribution in [-0.2, 0) is 4.74 Å². The molecule has 0 spiro atoms. The largest absolute Gasteiger partial charge is 0.395 e. The number of nitrogens with two attached hydrogens (primary N) is 1. The van der Waals surface area contributed by atoms with Crippen molar-refractivity contribution >= 4 is 17.3 Å². The van der Waals surface area contributed by atoms with E-state index in [1.165, 1.54) is 10.9 Å². The lowest BCUT2D eigenvalue weighted by atomic mass is 10.0. The standard InChI is InChI=1S/C11H16ClFN4O/c12-11-9(14)3-15-17(11)10-1-2-16(4-8(10)13)7-5-18-6-7/h3,7-8,10H,1-2,4-6,14H2/t8-,10+/m0/s1. The van der Waals surface area contributed by atoms with Crippen molar-refractivity contribution in [3.05, 3.63) is 11.3 Å². The summed E-state index contributed by atoms with van der Waals surface area (Å²) < 4.78 is 20.9. The van der Waals surface area contributed by atoms with Crippen LogP contribution in [0.15, 0.2) is 6.20 Å². The van der Waals surface area contributed by atoms with Gasteiger partial charge in [-0.15, -0.1) is 0 Å². The number of ether oxygens (including phenoxy) is 1. The van der Waals surface area contributed by atoms with Gasteiger partial charge in [-0.3, -0.25) is 4.90 Å². The molecule has 1 aromatic heterocycles. The van der Waals surface area contributed by atoms with Gasteiger partial charge in [0.25, 0.3) is 0 Å². The van der Waals surface area contributed by atoms with E-state index < -0.39 is 6.17 Å². The quantitative estimate of drug-likeness (QED) is 0.878. The van der Waals surface area contributed by atoms with Gasteiger partial charge in [0.05, 0.1) is 37.2 Å². The molecule has 2 fully saturated rings. The van der Waals surface area contributed by atoms with E-state index in [0.717, 1.165) is 6.54 Å². The lowest BCUT2D eigenvalue weighted by Gasteiger charge is -2.42. The summed E-state index contributed by atoms with van der Waals surface area (Å²) in [5.41, 5.74) is 6.04. The smallest absolute Gasteiger partial charge is 0.150 e. The van der Waals surface area contributed by atoms with Crippen LogP contribution in [0.5, 0.6) is 0 Å². The van der Waals surface area contributed by atoms with Gasteiger partial charge in [-0.05, 0) is 6.42 Å². The van der Waals surface area contributed by atoms with Gasteiger partial charge in [0.2, 0.25) is 0 Å².